The first-order valence-corrected chi connectivity index (χ1v) is 10.7. The van der Waals surface area contributed by atoms with E-state index >= 15 is 0 Å². The number of para-hydroxylation sites is 1. The second-order valence-electron chi connectivity index (χ2n) is 7.27. The topological polar surface area (TPSA) is 52.7 Å². The molecule has 0 unspecified atom stereocenters. The van der Waals surface area contributed by atoms with Crippen LogP contribution in [0.15, 0.2) is 77.7 Å². The van der Waals surface area contributed by atoms with Crippen molar-refractivity contribution in [1.29, 1.82) is 0 Å². The van der Waals surface area contributed by atoms with Crippen LogP contribution in [0.1, 0.15) is 17.3 Å². The highest BCUT2D eigenvalue weighted by atomic mass is 32.2. The molecule has 4 rings (SSSR count). The van der Waals surface area contributed by atoms with Gasteiger partial charge in [0.15, 0.2) is 0 Å². The number of carbonyl (C=O) groups excluding carboxylic acids is 2. The number of thioether (sulfide) groups is 1. The molecule has 5 nitrogen and oxygen atoms in total. The summed E-state index contributed by atoms with van der Waals surface area (Å²) in [6.45, 7) is 0.779. The van der Waals surface area contributed by atoms with Crippen LogP contribution in [-0.4, -0.2) is 31.7 Å². The summed E-state index contributed by atoms with van der Waals surface area (Å²) in [6.07, 6.45) is 0. The zero-order valence-corrected chi connectivity index (χ0v) is 17.8. The van der Waals surface area contributed by atoms with Crippen molar-refractivity contribution in [2.24, 2.45) is 0 Å². The second kappa shape index (κ2) is 8.63. The van der Waals surface area contributed by atoms with Crippen LogP contribution >= 0.6 is 11.8 Å². The fourth-order valence-corrected chi connectivity index (χ4v) is 4.34. The quantitative estimate of drug-likeness (QED) is 0.640. The summed E-state index contributed by atoms with van der Waals surface area (Å²) in [6, 6.07) is 23.6. The zero-order valence-electron chi connectivity index (χ0n) is 17.0. The summed E-state index contributed by atoms with van der Waals surface area (Å²) in [5, 5.41) is 2.94. The number of carbonyl (C=O) groups is 2. The molecule has 2 amide bonds. The van der Waals surface area contributed by atoms with Crippen molar-refractivity contribution in [3.05, 3.63) is 83.9 Å². The lowest BCUT2D eigenvalue weighted by molar-refractivity contribution is -0.116. The third-order valence-electron chi connectivity index (χ3n) is 5.14. The predicted molar refractivity (Wildman–Crippen MR) is 126 cm³/mol. The molecular weight excluding hydrogens is 394 g/mol. The molecule has 0 saturated heterocycles. The van der Waals surface area contributed by atoms with Crippen LogP contribution in [0.4, 0.5) is 17.1 Å². The highest BCUT2D eigenvalue weighted by molar-refractivity contribution is 8.00. The van der Waals surface area contributed by atoms with Crippen molar-refractivity contribution < 1.29 is 11.0 Å². The SMILES string of the molecule is CN(Cc1ccc(NC(=O)c2ccc3c(c2)N(C)C(=O)CS3)cc1)c1ccccc1.[HH]. The Hall–Kier alpha value is -3.25. The minimum absolute atomic E-state index is 0. The molecule has 3 aromatic rings. The third-order valence-corrected chi connectivity index (χ3v) is 6.18. The Morgan fingerprint density at radius 2 is 1.83 bits per heavy atom. The number of hydrogen-bond donors (Lipinski definition) is 1. The zero-order chi connectivity index (χ0) is 21.1. The summed E-state index contributed by atoms with van der Waals surface area (Å²) in [5.41, 5.74) is 4.36. The van der Waals surface area contributed by atoms with E-state index in [-0.39, 0.29) is 13.2 Å². The Bertz CT molecular complexity index is 1070. The fraction of sp³-hybridized carbons (Fsp3) is 0.167. The number of hydrogen-bond acceptors (Lipinski definition) is 4. The summed E-state index contributed by atoms with van der Waals surface area (Å²) >= 11 is 1.50. The lowest BCUT2D eigenvalue weighted by Crippen LogP contribution is -2.31. The molecule has 1 aliphatic heterocycles. The van der Waals surface area contributed by atoms with Crippen molar-refractivity contribution in [2.45, 2.75) is 11.4 Å². The molecular formula is C24H25N3O2S. The maximum Gasteiger partial charge on any atom is 0.255 e. The average Bonchev–Trinajstić information content (AvgIpc) is 2.78. The summed E-state index contributed by atoms with van der Waals surface area (Å²) < 4.78 is 0. The maximum absolute atomic E-state index is 12.7. The van der Waals surface area contributed by atoms with E-state index in [2.05, 4.69) is 29.4 Å². The van der Waals surface area contributed by atoms with E-state index in [4.69, 9.17) is 0 Å². The van der Waals surface area contributed by atoms with Gasteiger partial charge in [0.05, 0.1) is 11.4 Å². The predicted octanol–water partition coefficient (Wildman–Crippen LogP) is 4.89. The van der Waals surface area contributed by atoms with Gasteiger partial charge in [-0.05, 0) is 48.0 Å². The van der Waals surface area contributed by atoms with Crippen LogP contribution < -0.4 is 15.1 Å². The van der Waals surface area contributed by atoms with E-state index in [1.165, 1.54) is 11.8 Å². The Morgan fingerprint density at radius 1 is 1.10 bits per heavy atom. The first kappa shape index (κ1) is 20.0. The second-order valence-corrected chi connectivity index (χ2v) is 8.28. The van der Waals surface area contributed by atoms with Gasteiger partial charge in [0.1, 0.15) is 0 Å². The summed E-state index contributed by atoms with van der Waals surface area (Å²) in [4.78, 5) is 29.4. The van der Waals surface area contributed by atoms with E-state index in [1.54, 1.807) is 24.1 Å². The van der Waals surface area contributed by atoms with Crippen molar-refractivity contribution >= 4 is 40.6 Å². The monoisotopic (exact) mass is 419 g/mol. The summed E-state index contributed by atoms with van der Waals surface area (Å²) in [5.74, 6) is 0.283. The lowest BCUT2D eigenvalue weighted by atomic mass is 10.1. The van der Waals surface area contributed by atoms with Crippen LogP contribution in [-0.2, 0) is 11.3 Å². The minimum Gasteiger partial charge on any atom is -0.370 e. The molecule has 1 heterocycles. The standard InChI is InChI=1S/C24H23N3O2S.H2/c1-26(20-6-4-3-5-7-20)15-17-8-11-19(12-9-17)25-24(29)18-10-13-22-21(14-18)27(2)23(28)16-30-22;/h3-14H,15-16H2,1-2H3,(H,25,29);1H. The van der Waals surface area contributed by atoms with Crippen LogP contribution in [0.3, 0.4) is 0 Å². The molecule has 0 radical (unpaired) electrons. The molecule has 0 bridgehead atoms. The normalized spacial score (nSPS) is 13.0. The smallest absolute Gasteiger partial charge is 0.255 e. The molecule has 1 N–H and O–H groups in total. The van der Waals surface area contributed by atoms with E-state index in [0.29, 0.717) is 11.3 Å². The Labute approximate surface area is 182 Å². The molecule has 30 heavy (non-hydrogen) atoms. The van der Waals surface area contributed by atoms with Gasteiger partial charge in [-0.15, -0.1) is 11.8 Å². The van der Waals surface area contributed by atoms with Crippen LogP contribution in [0, 0.1) is 0 Å². The lowest BCUT2D eigenvalue weighted by Gasteiger charge is -2.25. The highest BCUT2D eigenvalue weighted by Gasteiger charge is 2.22. The van der Waals surface area contributed by atoms with Gasteiger partial charge in [-0.25, -0.2) is 0 Å². The van der Waals surface area contributed by atoms with Crippen molar-refractivity contribution in [1.82, 2.24) is 0 Å². The van der Waals surface area contributed by atoms with Crippen LogP contribution in [0.2, 0.25) is 0 Å². The first-order valence-electron chi connectivity index (χ1n) is 9.71. The van der Waals surface area contributed by atoms with Crippen molar-refractivity contribution in [2.75, 3.05) is 35.0 Å². The molecule has 0 atom stereocenters. The van der Waals surface area contributed by atoms with E-state index in [9.17, 15) is 9.59 Å². The molecule has 3 aromatic carbocycles. The van der Waals surface area contributed by atoms with Gasteiger partial charge >= 0.3 is 0 Å². The van der Waals surface area contributed by atoms with E-state index in [0.717, 1.165) is 34.1 Å². The van der Waals surface area contributed by atoms with Gasteiger partial charge < -0.3 is 15.1 Å². The molecule has 0 aromatic heterocycles. The van der Waals surface area contributed by atoms with Crippen molar-refractivity contribution in [3.63, 3.8) is 0 Å². The number of rotatable bonds is 5. The van der Waals surface area contributed by atoms with Gasteiger partial charge in [-0.1, -0.05) is 30.3 Å². The highest BCUT2D eigenvalue weighted by Crippen LogP contribution is 2.35. The molecule has 1 aliphatic rings. The van der Waals surface area contributed by atoms with Crippen LogP contribution in [0.5, 0.6) is 0 Å². The fourth-order valence-electron chi connectivity index (χ4n) is 3.36. The van der Waals surface area contributed by atoms with Crippen LogP contribution in [0.25, 0.3) is 0 Å². The number of nitrogens with zero attached hydrogens (tertiary/aromatic N) is 2. The largest absolute Gasteiger partial charge is 0.370 e. The van der Waals surface area contributed by atoms with Gasteiger partial charge in [0, 0.05) is 43.9 Å². The number of fused-ring (bicyclic) bond motifs is 1. The van der Waals surface area contributed by atoms with Crippen molar-refractivity contribution in [3.8, 4) is 0 Å². The van der Waals surface area contributed by atoms with Gasteiger partial charge in [-0.3, -0.25) is 9.59 Å². The Balaban J connectivity index is 0.00000272. The number of nitrogens with one attached hydrogen (secondary N) is 1. The molecule has 0 aliphatic carbocycles. The Morgan fingerprint density at radius 3 is 2.57 bits per heavy atom. The number of amides is 2. The molecule has 0 spiro atoms. The maximum atomic E-state index is 12.7. The van der Waals surface area contributed by atoms with Gasteiger partial charge in [-0.2, -0.15) is 0 Å². The minimum atomic E-state index is -0.191. The van der Waals surface area contributed by atoms with E-state index < -0.39 is 0 Å². The average molecular weight is 420 g/mol. The Kier molecular flexibility index (Phi) is 5.77. The van der Waals surface area contributed by atoms with Gasteiger partial charge in [0.2, 0.25) is 5.91 Å². The van der Waals surface area contributed by atoms with E-state index in [1.807, 2.05) is 48.5 Å². The number of benzene rings is 3. The molecule has 6 heteroatoms. The molecule has 154 valence electrons. The van der Waals surface area contributed by atoms with Gasteiger partial charge in [0.25, 0.3) is 5.91 Å². The molecule has 0 saturated carbocycles. The third kappa shape index (κ3) is 4.33. The summed E-state index contributed by atoms with van der Waals surface area (Å²) in [7, 11) is 3.80. The number of anilines is 3. The molecule has 0 fully saturated rings. The first-order chi connectivity index (χ1) is 14.5.